The van der Waals surface area contributed by atoms with E-state index < -0.39 is 0 Å². The summed E-state index contributed by atoms with van der Waals surface area (Å²) in [5, 5.41) is 12.9. The van der Waals surface area contributed by atoms with E-state index in [9.17, 15) is 10.1 Å². The van der Waals surface area contributed by atoms with E-state index >= 15 is 0 Å². The van der Waals surface area contributed by atoms with Crippen LogP contribution in [0.2, 0.25) is 0 Å². The SMILES string of the molecule is COc1ncc(-c2ccc3ncnc(N[C@H]4CCN(C(=O)C5CCN(C)CC5)C4)c3n2)cc1C#N. The van der Waals surface area contributed by atoms with Gasteiger partial charge < -0.3 is 19.9 Å². The summed E-state index contributed by atoms with van der Waals surface area (Å²) in [4.78, 5) is 35.1. The fourth-order valence-corrected chi connectivity index (χ4v) is 4.83. The number of pyridine rings is 2. The molecule has 0 spiro atoms. The summed E-state index contributed by atoms with van der Waals surface area (Å²) in [5.74, 6) is 1.32. The average molecular weight is 473 g/mol. The van der Waals surface area contributed by atoms with Gasteiger partial charge in [-0.3, -0.25) is 4.79 Å². The van der Waals surface area contributed by atoms with E-state index in [0.29, 0.717) is 40.2 Å². The van der Waals surface area contributed by atoms with Crippen LogP contribution in [0, 0.1) is 17.2 Å². The smallest absolute Gasteiger partial charge is 0.231 e. The number of hydrogen-bond acceptors (Lipinski definition) is 9. The number of nitrogens with zero attached hydrogens (tertiary/aromatic N) is 7. The van der Waals surface area contributed by atoms with Gasteiger partial charge in [0.25, 0.3) is 0 Å². The molecule has 3 aromatic heterocycles. The molecule has 1 N–H and O–H groups in total. The third-order valence-corrected chi connectivity index (χ3v) is 6.85. The molecule has 2 saturated heterocycles. The minimum absolute atomic E-state index is 0.0987. The van der Waals surface area contributed by atoms with E-state index in [-0.39, 0.29) is 23.7 Å². The second-order valence-corrected chi connectivity index (χ2v) is 9.17. The van der Waals surface area contributed by atoms with Gasteiger partial charge in [0.15, 0.2) is 5.82 Å². The first-order valence-electron chi connectivity index (χ1n) is 11.9. The Labute approximate surface area is 204 Å². The molecule has 0 aliphatic carbocycles. The molecule has 5 heterocycles. The molecule has 0 unspecified atom stereocenters. The molecule has 10 heteroatoms. The fraction of sp³-hybridized carbons (Fsp3) is 0.440. The lowest BCUT2D eigenvalue weighted by Gasteiger charge is -2.30. The van der Waals surface area contributed by atoms with Gasteiger partial charge in [0, 0.05) is 36.8 Å². The average Bonchev–Trinajstić information content (AvgIpc) is 3.36. The van der Waals surface area contributed by atoms with Crippen molar-refractivity contribution in [3.05, 3.63) is 36.3 Å². The molecule has 0 bridgehead atoms. The Morgan fingerprint density at radius 1 is 1.17 bits per heavy atom. The van der Waals surface area contributed by atoms with Crippen LogP contribution in [0.1, 0.15) is 24.8 Å². The molecular formula is C25H28N8O2. The molecular weight excluding hydrogens is 444 g/mol. The van der Waals surface area contributed by atoms with Crippen LogP contribution in [0.4, 0.5) is 5.82 Å². The Morgan fingerprint density at radius 2 is 2.00 bits per heavy atom. The number of ether oxygens (including phenoxy) is 1. The van der Waals surface area contributed by atoms with Crippen molar-refractivity contribution in [1.29, 1.82) is 5.26 Å². The van der Waals surface area contributed by atoms with Crippen LogP contribution in [0.5, 0.6) is 5.88 Å². The number of fused-ring (bicyclic) bond motifs is 1. The summed E-state index contributed by atoms with van der Waals surface area (Å²) in [5.41, 5.74) is 3.06. The van der Waals surface area contributed by atoms with Crippen molar-refractivity contribution in [2.75, 3.05) is 45.7 Å². The number of carbonyl (C=O) groups excluding carboxylic acids is 1. The lowest BCUT2D eigenvalue weighted by molar-refractivity contribution is -0.135. The highest BCUT2D eigenvalue weighted by Crippen LogP contribution is 2.27. The van der Waals surface area contributed by atoms with Crippen molar-refractivity contribution in [3.8, 4) is 23.2 Å². The van der Waals surface area contributed by atoms with Crippen molar-refractivity contribution >= 4 is 22.8 Å². The van der Waals surface area contributed by atoms with E-state index in [2.05, 4.69) is 38.3 Å². The third kappa shape index (κ3) is 4.72. The van der Waals surface area contributed by atoms with Gasteiger partial charge in [-0.2, -0.15) is 5.26 Å². The highest BCUT2D eigenvalue weighted by atomic mass is 16.5. The molecule has 3 aromatic rings. The van der Waals surface area contributed by atoms with Crippen molar-refractivity contribution in [1.82, 2.24) is 29.7 Å². The van der Waals surface area contributed by atoms with Crippen LogP contribution in [0.25, 0.3) is 22.3 Å². The molecule has 1 amide bonds. The van der Waals surface area contributed by atoms with Crippen molar-refractivity contribution in [2.24, 2.45) is 5.92 Å². The second-order valence-electron chi connectivity index (χ2n) is 9.17. The predicted octanol–water partition coefficient (Wildman–Crippen LogP) is 2.32. The minimum atomic E-state index is 0.0987. The van der Waals surface area contributed by atoms with Crippen LogP contribution in [-0.4, -0.2) is 82.0 Å². The van der Waals surface area contributed by atoms with E-state index in [1.165, 1.54) is 13.4 Å². The van der Waals surface area contributed by atoms with Gasteiger partial charge in [0.2, 0.25) is 11.8 Å². The number of likely N-dealkylation sites (tertiary alicyclic amines) is 2. The Morgan fingerprint density at radius 3 is 2.77 bits per heavy atom. The maximum atomic E-state index is 13.0. The number of anilines is 1. The number of hydrogen-bond donors (Lipinski definition) is 1. The van der Waals surface area contributed by atoms with Crippen LogP contribution in [0.15, 0.2) is 30.7 Å². The van der Waals surface area contributed by atoms with Gasteiger partial charge in [-0.15, -0.1) is 0 Å². The Kier molecular flexibility index (Phi) is 6.42. The van der Waals surface area contributed by atoms with Crippen molar-refractivity contribution in [3.63, 3.8) is 0 Å². The summed E-state index contributed by atoms with van der Waals surface area (Å²) in [6.45, 7) is 3.36. The van der Waals surface area contributed by atoms with E-state index in [1.807, 2.05) is 17.0 Å². The summed E-state index contributed by atoms with van der Waals surface area (Å²) < 4.78 is 5.15. The summed E-state index contributed by atoms with van der Waals surface area (Å²) in [6, 6.07) is 7.64. The maximum Gasteiger partial charge on any atom is 0.231 e. The first-order chi connectivity index (χ1) is 17.1. The molecule has 0 saturated carbocycles. The maximum absolute atomic E-state index is 13.0. The van der Waals surface area contributed by atoms with Gasteiger partial charge in [-0.1, -0.05) is 0 Å². The molecule has 180 valence electrons. The first-order valence-corrected chi connectivity index (χ1v) is 11.9. The summed E-state index contributed by atoms with van der Waals surface area (Å²) in [6.07, 6.45) is 5.87. The zero-order valence-electron chi connectivity index (χ0n) is 19.9. The zero-order chi connectivity index (χ0) is 24.4. The minimum Gasteiger partial charge on any atom is -0.480 e. The van der Waals surface area contributed by atoms with Crippen LogP contribution in [0.3, 0.4) is 0 Å². The molecule has 10 nitrogen and oxygen atoms in total. The normalized spacial score (nSPS) is 19.0. The predicted molar refractivity (Wildman–Crippen MR) is 131 cm³/mol. The van der Waals surface area contributed by atoms with Gasteiger partial charge >= 0.3 is 0 Å². The lowest BCUT2D eigenvalue weighted by Crippen LogP contribution is -2.41. The molecule has 2 fully saturated rings. The largest absolute Gasteiger partial charge is 0.480 e. The molecule has 2 aliphatic heterocycles. The highest BCUT2D eigenvalue weighted by Gasteiger charge is 2.32. The molecule has 35 heavy (non-hydrogen) atoms. The van der Waals surface area contributed by atoms with Gasteiger partial charge in [0.1, 0.15) is 23.5 Å². The van der Waals surface area contributed by atoms with Gasteiger partial charge in [-0.25, -0.2) is 19.9 Å². The topological polar surface area (TPSA) is 120 Å². The van der Waals surface area contributed by atoms with E-state index in [0.717, 1.165) is 38.9 Å². The second kappa shape index (κ2) is 9.80. The number of aromatic nitrogens is 4. The zero-order valence-corrected chi connectivity index (χ0v) is 19.9. The number of carbonyl (C=O) groups is 1. The quantitative estimate of drug-likeness (QED) is 0.596. The van der Waals surface area contributed by atoms with E-state index in [4.69, 9.17) is 9.72 Å². The van der Waals surface area contributed by atoms with Crippen LogP contribution in [-0.2, 0) is 4.79 Å². The number of nitrogens with one attached hydrogen (secondary N) is 1. The van der Waals surface area contributed by atoms with Crippen molar-refractivity contribution < 1.29 is 9.53 Å². The standard InChI is InChI=1S/C25H28N8O2/c1-32-8-5-16(6-9-32)25(34)33-10-7-19(14-33)30-23-22-21(28-15-29-23)4-3-20(31-22)18-11-17(12-26)24(35-2)27-13-18/h3-4,11,13,15-16,19H,5-10,14H2,1-2H3,(H,28,29,30)/t19-/m0/s1. The molecule has 2 aliphatic rings. The molecule has 0 radical (unpaired) electrons. The van der Waals surface area contributed by atoms with Crippen LogP contribution >= 0.6 is 0 Å². The Balaban J connectivity index is 1.34. The highest BCUT2D eigenvalue weighted by molar-refractivity contribution is 5.87. The van der Waals surface area contributed by atoms with Crippen molar-refractivity contribution in [2.45, 2.75) is 25.3 Å². The molecule has 1 atom stereocenters. The number of rotatable bonds is 5. The fourth-order valence-electron chi connectivity index (χ4n) is 4.83. The molecule has 0 aromatic carbocycles. The Hall–Kier alpha value is -3.84. The summed E-state index contributed by atoms with van der Waals surface area (Å²) >= 11 is 0. The third-order valence-electron chi connectivity index (χ3n) is 6.85. The number of amides is 1. The summed E-state index contributed by atoms with van der Waals surface area (Å²) in [7, 11) is 3.59. The first kappa shape index (κ1) is 22.9. The number of piperidine rings is 1. The Bertz CT molecular complexity index is 1280. The van der Waals surface area contributed by atoms with Gasteiger partial charge in [-0.05, 0) is 57.6 Å². The number of methoxy groups -OCH3 is 1. The van der Waals surface area contributed by atoms with E-state index in [1.54, 1.807) is 12.3 Å². The van der Waals surface area contributed by atoms with Gasteiger partial charge in [0.05, 0.1) is 18.3 Å². The lowest BCUT2D eigenvalue weighted by atomic mass is 9.96. The monoisotopic (exact) mass is 472 g/mol. The van der Waals surface area contributed by atoms with Crippen LogP contribution < -0.4 is 10.1 Å². The molecule has 5 rings (SSSR count). The number of nitriles is 1.